The molecule has 0 radical (unpaired) electrons. The van der Waals surface area contributed by atoms with Crippen LogP contribution in [0.1, 0.15) is 62.5 Å². The molecule has 2 unspecified atom stereocenters. The van der Waals surface area contributed by atoms with Gasteiger partial charge >= 0.3 is 5.97 Å². The molecular weight excluding hydrogens is 718 g/mol. The van der Waals surface area contributed by atoms with Gasteiger partial charge in [-0.15, -0.1) is 0 Å². The fourth-order valence-electron chi connectivity index (χ4n) is 5.28. The topological polar surface area (TPSA) is 171 Å². The monoisotopic (exact) mass is 771 g/mol. The molecule has 0 heterocycles. The van der Waals surface area contributed by atoms with E-state index in [1.807, 2.05) is 109 Å². The number of hydrogen-bond acceptors (Lipinski definition) is 10. The van der Waals surface area contributed by atoms with Gasteiger partial charge in [0.1, 0.15) is 23.7 Å². The third kappa shape index (κ3) is 17.6. The van der Waals surface area contributed by atoms with E-state index in [4.69, 9.17) is 24.2 Å². The summed E-state index contributed by atoms with van der Waals surface area (Å²) < 4.78 is 26.7. The van der Waals surface area contributed by atoms with Gasteiger partial charge in [0.15, 0.2) is 0 Å². The van der Waals surface area contributed by atoms with Crippen molar-refractivity contribution in [2.75, 3.05) is 32.0 Å². The zero-order valence-corrected chi connectivity index (χ0v) is 32.2. The zero-order chi connectivity index (χ0) is 40.4. The molecule has 4 aromatic carbocycles. The second kappa shape index (κ2) is 26.1. The summed E-state index contributed by atoms with van der Waals surface area (Å²) in [5.74, 6) is 0.409. The van der Waals surface area contributed by atoms with Gasteiger partial charge in [0, 0.05) is 24.2 Å². The fraction of sp³-hybridized carbons (Fsp3) is 0.349. The Labute approximate surface area is 328 Å². The van der Waals surface area contributed by atoms with Crippen molar-refractivity contribution in [3.63, 3.8) is 0 Å². The molecular formula is C43H53N3O10. The Bertz CT molecular complexity index is 1590. The molecule has 0 fully saturated rings. The Morgan fingerprint density at radius 2 is 0.964 bits per heavy atom. The quantitative estimate of drug-likeness (QED) is 0.0277. The number of methoxy groups -OCH3 is 3. The molecule has 0 saturated heterocycles. The Morgan fingerprint density at radius 3 is 1.34 bits per heavy atom. The summed E-state index contributed by atoms with van der Waals surface area (Å²) in [6.45, 7) is 0.599. The molecule has 0 bridgehead atoms. The maximum Gasteiger partial charge on any atom is 0.305 e. The molecule has 4 rings (SSSR count). The number of benzene rings is 4. The number of ether oxygens (including phenoxy) is 5. The van der Waals surface area contributed by atoms with E-state index in [1.165, 1.54) is 7.11 Å². The SMILES string of the molecule is COC(=O)CCCCC(OCc1ccc(OC)cc1)C(=O)Nc1ccccc1.COc1ccc(COC(CCCCC(=O)NO)C(=O)Nc2ccccc2)cc1. The van der Waals surface area contributed by atoms with E-state index < -0.39 is 18.1 Å². The summed E-state index contributed by atoms with van der Waals surface area (Å²) >= 11 is 0. The summed E-state index contributed by atoms with van der Waals surface area (Å²) in [5, 5.41) is 14.3. The van der Waals surface area contributed by atoms with Gasteiger partial charge in [-0.05, 0) is 98.2 Å². The molecule has 13 nitrogen and oxygen atoms in total. The van der Waals surface area contributed by atoms with E-state index in [2.05, 4.69) is 15.4 Å². The van der Waals surface area contributed by atoms with E-state index in [0.29, 0.717) is 57.2 Å². The molecule has 4 N–H and O–H groups in total. The second-order valence-electron chi connectivity index (χ2n) is 12.6. The number of para-hydroxylation sites is 2. The van der Waals surface area contributed by atoms with Gasteiger partial charge < -0.3 is 34.3 Å². The lowest BCUT2D eigenvalue weighted by Gasteiger charge is -2.18. The predicted octanol–water partition coefficient (Wildman–Crippen LogP) is 7.24. The predicted molar refractivity (Wildman–Crippen MR) is 212 cm³/mol. The fourth-order valence-corrected chi connectivity index (χ4v) is 5.28. The molecule has 300 valence electrons. The van der Waals surface area contributed by atoms with Crippen LogP contribution in [0.25, 0.3) is 0 Å². The summed E-state index contributed by atoms with van der Waals surface area (Å²) in [7, 11) is 4.59. The molecule has 2 atom stereocenters. The van der Waals surface area contributed by atoms with Crippen LogP contribution in [0.5, 0.6) is 11.5 Å². The van der Waals surface area contributed by atoms with Crippen LogP contribution in [-0.4, -0.2) is 62.4 Å². The third-order valence-corrected chi connectivity index (χ3v) is 8.46. The van der Waals surface area contributed by atoms with E-state index in [0.717, 1.165) is 28.3 Å². The first-order valence-electron chi connectivity index (χ1n) is 18.4. The van der Waals surface area contributed by atoms with Crippen molar-refractivity contribution in [1.82, 2.24) is 5.48 Å². The second-order valence-corrected chi connectivity index (χ2v) is 12.6. The largest absolute Gasteiger partial charge is 0.497 e. The van der Waals surface area contributed by atoms with Crippen LogP contribution in [0.3, 0.4) is 0 Å². The number of unbranched alkanes of at least 4 members (excludes halogenated alkanes) is 2. The maximum absolute atomic E-state index is 12.7. The Balaban J connectivity index is 0.000000300. The molecule has 4 aromatic rings. The van der Waals surface area contributed by atoms with Crippen molar-refractivity contribution in [1.29, 1.82) is 0 Å². The molecule has 13 heteroatoms. The lowest BCUT2D eigenvalue weighted by Crippen LogP contribution is -2.30. The number of rotatable bonds is 22. The number of carbonyl (C=O) groups excluding carboxylic acids is 4. The van der Waals surface area contributed by atoms with E-state index in [-0.39, 0.29) is 30.8 Å². The smallest absolute Gasteiger partial charge is 0.305 e. The summed E-state index contributed by atoms with van der Waals surface area (Å²) in [6, 6.07) is 33.4. The van der Waals surface area contributed by atoms with Crippen molar-refractivity contribution in [3.05, 3.63) is 120 Å². The van der Waals surface area contributed by atoms with Gasteiger partial charge in [-0.1, -0.05) is 60.7 Å². The minimum absolute atomic E-state index is 0.196. The van der Waals surface area contributed by atoms with Gasteiger partial charge in [0.05, 0.1) is 34.5 Å². The normalized spacial score (nSPS) is 11.5. The van der Waals surface area contributed by atoms with Gasteiger partial charge in [-0.2, -0.15) is 0 Å². The maximum atomic E-state index is 12.7. The van der Waals surface area contributed by atoms with Crippen molar-refractivity contribution >= 4 is 35.1 Å². The standard InChI is InChI=1S/C22H27NO5.C21H26N2O5/c1-26-19-14-12-17(13-15-19)16-28-20(10-6-7-11-21(24)27-2)22(25)23-18-8-4-3-5-9-18;1-27-18-13-11-16(12-14-18)15-28-19(9-5-6-10-20(24)23-26)21(25)22-17-7-3-2-4-8-17/h3-5,8-9,12-15,20H,6-7,10-11,16H2,1-2H3,(H,23,25);2-4,7-8,11-14,19,26H,5-6,9-10,15H2,1H3,(H,22,25)(H,23,24). The average molecular weight is 772 g/mol. The first-order chi connectivity index (χ1) is 27.2. The average Bonchev–Trinajstić information content (AvgIpc) is 3.24. The van der Waals surface area contributed by atoms with Crippen LogP contribution in [-0.2, 0) is 46.6 Å². The van der Waals surface area contributed by atoms with Crippen molar-refractivity contribution in [2.45, 2.75) is 76.8 Å². The first-order valence-corrected chi connectivity index (χ1v) is 18.4. The molecule has 0 aliphatic rings. The molecule has 0 saturated carbocycles. The highest BCUT2D eigenvalue weighted by atomic mass is 16.5. The lowest BCUT2D eigenvalue weighted by atomic mass is 10.1. The van der Waals surface area contributed by atoms with Gasteiger partial charge in [-0.3, -0.25) is 24.4 Å². The number of esters is 1. The third-order valence-electron chi connectivity index (χ3n) is 8.46. The summed E-state index contributed by atoms with van der Waals surface area (Å²) in [5.41, 5.74) is 4.91. The summed E-state index contributed by atoms with van der Waals surface area (Å²) in [6.07, 6.45) is 2.75. The number of hydroxylamine groups is 1. The first kappa shape index (κ1) is 44.6. The van der Waals surface area contributed by atoms with Gasteiger partial charge in [0.2, 0.25) is 5.91 Å². The molecule has 0 spiro atoms. The van der Waals surface area contributed by atoms with Gasteiger partial charge in [0.25, 0.3) is 11.8 Å². The number of carbonyl (C=O) groups is 4. The minimum Gasteiger partial charge on any atom is -0.497 e. The Hall–Kier alpha value is -5.76. The Morgan fingerprint density at radius 1 is 0.554 bits per heavy atom. The number of nitrogens with one attached hydrogen (secondary N) is 3. The number of hydrogen-bond donors (Lipinski definition) is 4. The van der Waals surface area contributed by atoms with Crippen molar-refractivity contribution in [2.24, 2.45) is 0 Å². The summed E-state index contributed by atoms with van der Waals surface area (Å²) in [4.78, 5) is 47.7. The van der Waals surface area contributed by atoms with Crippen LogP contribution in [0, 0.1) is 0 Å². The molecule has 3 amide bonds. The minimum atomic E-state index is -0.653. The molecule has 0 aromatic heterocycles. The highest BCUT2D eigenvalue weighted by Gasteiger charge is 2.21. The van der Waals surface area contributed by atoms with Crippen molar-refractivity contribution in [3.8, 4) is 11.5 Å². The lowest BCUT2D eigenvalue weighted by molar-refractivity contribution is -0.140. The van der Waals surface area contributed by atoms with Crippen LogP contribution in [0.2, 0.25) is 0 Å². The highest BCUT2D eigenvalue weighted by Crippen LogP contribution is 2.18. The van der Waals surface area contributed by atoms with Gasteiger partial charge in [-0.25, -0.2) is 5.48 Å². The Kier molecular flexibility index (Phi) is 20.8. The molecule has 0 aliphatic carbocycles. The molecule has 0 aliphatic heterocycles. The van der Waals surface area contributed by atoms with E-state index in [9.17, 15) is 19.2 Å². The zero-order valence-electron chi connectivity index (χ0n) is 32.2. The number of anilines is 2. The van der Waals surface area contributed by atoms with Crippen LogP contribution >= 0.6 is 0 Å². The van der Waals surface area contributed by atoms with Crippen LogP contribution < -0.4 is 25.6 Å². The number of amides is 3. The highest BCUT2D eigenvalue weighted by molar-refractivity contribution is 5.94. The molecule has 56 heavy (non-hydrogen) atoms. The van der Waals surface area contributed by atoms with Crippen molar-refractivity contribution < 1.29 is 48.1 Å². The van der Waals surface area contributed by atoms with Crippen LogP contribution in [0.4, 0.5) is 11.4 Å². The van der Waals surface area contributed by atoms with E-state index in [1.54, 1.807) is 19.7 Å². The van der Waals surface area contributed by atoms with E-state index >= 15 is 0 Å². The van der Waals surface area contributed by atoms with Crippen LogP contribution in [0.15, 0.2) is 109 Å².